The molecular formula is C24H30N4O2. The molecule has 6 nitrogen and oxygen atoms in total. The van der Waals surface area contributed by atoms with Gasteiger partial charge >= 0.3 is 0 Å². The molecule has 3 aromatic heterocycles. The van der Waals surface area contributed by atoms with Gasteiger partial charge in [-0.3, -0.25) is 4.79 Å². The van der Waals surface area contributed by atoms with Gasteiger partial charge in [0, 0.05) is 37.1 Å². The first kappa shape index (κ1) is 20.4. The van der Waals surface area contributed by atoms with Crippen LogP contribution in [0.1, 0.15) is 60.5 Å². The zero-order valence-electron chi connectivity index (χ0n) is 18.3. The molecule has 1 aliphatic rings. The number of pyridine rings is 2. The molecule has 0 radical (unpaired) electrons. The summed E-state index contributed by atoms with van der Waals surface area (Å²) in [4.78, 5) is 24.9. The maximum absolute atomic E-state index is 13.5. The normalized spacial score (nSPS) is 17.0. The molecule has 1 aliphatic heterocycles. The van der Waals surface area contributed by atoms with Crippen molar-refractivity contribution in [2.45, 2.75) is 65.5 Å². The Morgan fingerprint density at radius 1 is 1.20 bits per heavy atom. The predicted molar refractivity (Wildman–Crippen MR) is 117 cm³/mol. The van der Waals surface area contributed by atoms with Crippen molar-refractivity contribution in [1.29, 1.82) is 0 Å². The highest BCUT2D eigenvalue weighted by molar-refractivity contribution is 5.95. The van der Waals surface area contributed by atoms with E-state index in [4.69, 9.17) is 9.72 Å². The molecule has 0 aliphatic carbocycles. The number of carbonyl (C=O) groups excluding carboxylic acids is 1. The van der Waals surface area contributed by atoms with Crippen LogP contribution in [0.2, 0.25) is 0 Å². The van der Waals surface area contributed by atoms with Crippen LogP contribution in [0.3, 0.4) is 0 Å². The van der Waals surface area contributed by atoms with Crippen molar-refractivity contribution in [2.24, 2.45) is 0 Å². The fourth-order valence-electron chi connectivity index (χ4n) is 4.21. The van der Waals surface area contributed by atoms with Gasteiger partial charge in [-0.15, -0.1) is 0 Å². The van der Waals surface area contributed by atoms with Crippen molar-refractivity contribution in [3.63, 3.8) is 0 Å². The van der Waals surface area contributed by atoms with Crippen LogP contribution < -0.4 is 4.74 Å². The molecule has 4 heterocycles. The molecule has 30 heavy (non-hydrogen) atoms. The van der Waals surface area contributed by atoms with E-state index in [1.54, 1.807) is 0 Å². The van der Waals surface area contributed by atoms with E-state index in [-0.39, 0.29) is 18.1 Å². The Labute approximate surface area is 177 Å². The summed E-state index contributed by atoms with van der Waals surface area (Å²) in [5, 5.41) is 0. The number of likely N-dealkylation sites (tertiary alicyclic amines) is 1. The number of fused-ring (bicyclic) bond motifs is 1. The first-order valence-corrected chi connectivity index (χ1v) is 10.8. The summed E-state index contributed by atoms with van der Waals surface area (Å²) in [5.74, 6) is 0.521. The summed E-state index contributed by atoms with van der Waals surface area (Å²) in [5.41, 5.74) is 4.39. The Morgan fingerprint density at radius 2 is 2.03 bits per heavy atom. The lowest BCUT2D eigenvalue weighted by Gasteiger charge is -2.35. The quantitative estimate of drug-likeness (QED) is 0.631. The molecule has 3 aromatic rings. The summed E-state index contributed by atoms with van der Waals surface area (Å²) in [6, 6.07) is 7.97. The van der Waals surface area contributed by atoms with Gasteiger partial charge in [-0.05, 0) is 70.7 Å². The van der Waals surface area contributed by atoms with E-state index >= 15 is 0 Å². The molecule has 158 valence electrons. The Hall–Kier alpha value is -2.89. The van der Waals surface area contributed by atoms with Crippen molar-refractivity contribution >= 4 is 11.6 Å². The van der Waals surface area contributed by atoms with Gasteiger partial charge in [0.05, 0.1) is 11.8 Å². The SMILES string of the molecule is Cc1ccc(OC(C)C)c(C(=O)N2CCCCC2Cc2cn3cccc(C)c3n2)n1. The number of aromatic nitrogens is 3. The maximum Gasteiger partial charge on any atom is 0.276 e. The highest BCUT2D eigenvalue weighted by Gasteiger charge is 2.31. The molecule has 0 bridgehead atoms. The van der Waals surface area contributed by atoms with Crippen molar-refractivity contribution in [2.75, 3.05) is 6.54 Å². The number of imidazole rings is 1. The average molecular weight is 407 g/mol. The van der Waals surface area contributed by atoms with Crippen molar-refractivity contribution in [3.8, 4) is 5.75 Å². The van der Waals surface area contributed by atoms with Crippen LogP contribution in [0, 0.1) is 13.8 Å². The van der Waals surface area contributed by atoms with E-state index in [0.29, 0.717) is 11.4 Å². The third-order valence-electron chi connectivity index (χ3n) is 5.62. The minimum Gasteiger partial charge on any atom is -0.489 e. The zero-order valence-corrected chi connectivity index (χ0v) is 18.3. The summed E-state index contributed by atoms with van der Waals surface area (Å²) in [7, 11) is 0. The fourth-order valence-corrected chi connectivity index (χ4v) is 4.21. The van der Waals surface area contributed by atoms with Gasteiger partial charge in [0.15, 0.2) is 11.4 Å². The standard InChI is InChI=1S/C24H30N4O2/c1-16(2)30-21-11-10-18(4)25-22(21)24(29)28-13-6-5-9-20(28)14-19-15-27-12-7-8-17(3)23(27)26-19/h7-8,10-12,15-16,20H,5-6,9,13-14H2,1-4H3. The third kappa shape index (κ3) is 4.18. The number of amides is 1. The van der Waals surface area contributed by atoms with Gasteiger partial charge in [0.2, 0.25) is 0 Å². The Bertz CT molecular complexity index is 1060. The Kier molecular flexibility index (Phi) is 5.75. The van der Waals surface area contributed by atoms with Gasteiger partial charge in [0.1, 0.15) is 5.65 Å². The summed E-state index contributed by atoms with van der Waals surface area (Å²) >= 11 is 0. The smallest absolute Gasteiger partial charge is 0.276 e. The maximum atomic E-state index is 13.5. The van der Waals surface area contributed by atoms with Gasteiger partial charge in [0.25, 0.3) is 5.91 Å². The molecule has 1 amide bonds. The van der Waals surface area contributed by atoms with E-state index in [2.05, 4.69) is 28.6 Å². The van der Waals surface area contributed by atoms with E-state index < -0.39 is 0 Å². The van der Waals surface area contributed by atoms with E-state index in [9.17, 15) is 4.79 Å². The molecular weight excluding hydrogens is 376 g/mol. The van der Waals surface area contributed by atoms with Crippen molar-refractivity contribution < 1.29 is 9.53 Å². The number of rotatable bonds is 5. The Morgan fingerprint density at radius 3 is 2.80 bits per heavy atom. The van der Waals surface area contributed by atoms with E-state index in [1.807, 2.05) is 50.1 Å². The van der Waals surface area contributed by atoms with Crippen LogP contribution in [0.25, 0.3) is 5.65 Å². The number of hydrogen-bond acceptors (Lipinski definition) is 4. The van der Waals surface area contributed by atoms with Gasteiger partial charge < -0.3 is 14.0 Å². The molecule has 0 aromatic carbocycles. The lowest BCUT2D eigenvalue weighted by molar-refractivity contribution is 0.0599. The number of piperidine rings is 1. The monoisotopic (exact) mass is 406 g/mol. The summed E-state index contributed by atoms with van der Waals surface area (Å²) in [6.07, 6.45) is 7.95. The second-order valence-corrected chi connectivity index (χ2v) is 8.47. The molecule has 4 rings (SSSR count). The second kappa shape index (κ2) is 8.46. The largest absolute Gasteiger partial charge is 0.489 e. The van der Waals surface area contributed by atoms with E-state index in [0.717, 1.165) is 54.8 Å². The number of carbonyl (C=O) groups is 1. The average Bonchev–Trinajstić information content (AvgIpc) is 3.13. The van der Waals surface area contributed by atoms with Gasteiger partial charge in [-0.25, -0.2) is 9.97 Å². The lowest BCUT2D eigenvalue weighted by atomic mass is 9.97. The molecule has 0 N–H and O–H groups in total. The predicted octanol–water partition coefficient (Wildman–Crippen LogP) is 4.37. The minimum absolute atomic E-state index is 0.0144. The molecule has 0 spiro atoms. The van der Waals surface area contributed by atoms with Crippen LogP contribution in [-0.4, -0.2) is 43.9 Å². The fraction of sp³-hybridized carbons (Fsp3) is 0.458. The number of aryl methyl sites for hydroxylation is 2. The molecule has 1 atom stereocenters. The summed E-state index contributed by atoms with van der Waals surface area (Å²) < 4.78 is 7.96. The number of ether oxygens (including phenoxy) is 1. The number of hydrogen-bond donors (Lipinski definition) is 0. The van der Waals surface area contributed by atoms with Crippen LogP contribution in [0.5, 0.6) is 5.75 Å². The van der Waals surface area contributed by atoms with Gasteiger partial charge in [-0.2, -0.15) is 0 Å². The van der Waals surface area contributed by atoms with Crippen molar-refractivity contribution in [3.05, 3.63) is 59.3 Å². The molecule has 1 fully saturated rings. The first-order valence-electron chi connectivity index (χ1n) is 10.8. The van der Waals surface area contributed by atoms with Crippen LogP contribution in [0.15, 0.2) is 36.7 Å². The Balaban J connectivity index is 1.61. The van der Waals surface area contributed by atoms with Gasteiger partial charge in [-0.1, -0.05) is 6.07 Å². The highest BCUT2D eigenvalue weighted by atomic mass is 16.5. The molecule has 1 unspecified atom stereocenters. The van der Waals surface area contributed by atoms with Crippen LogP contribution in [0.4, 0.5) is 0 Å². The highest BCUT2D eigenvalue weighted by Crippen LogP contribution is 2.26. The first-order chi connectivity index (χ1) is 14.4. The van der Waals surface area contributed by atoms with Crippen LogP contribution >= 0.6 is 0 Å². The topological polar surface area (TPSA) is 59.7 Å². The molecule has 0 saturated carbocycles. The number of nitrogens with zero attached hydrogens (tertiary/aromatic N) is 4. The molecule has 6 heteroatoms. The third-order valence-corrected chi connectivity index (χ3v) is 5.62. The molecule has 1 saturated heterocycles. The van der Waals surface area contributed by atoms with E-state index in [1.165, 1.54) is 0 Å². The second-order valence-electron chi connectivity index (χ2n) is 8.47. The van der Waals surface area contributed by atoms with Crippen molar-refractivity contribution in [1.82, 2.24) is 19.3 Å². The minimum atomic E-state index is -0.0426. The lowest BCUT2D eigenvalue weighted by Crippen LogP contribution is -2.45. The summed E-state index contributed by atoms with van der Waals surface area (Å²) in [6.45, 7) is 8.64. The van der Waals surface area contributed by atoms with Crippen LogP contribution in [-0.2, 0) is 6.42 Å². The zero-order chi connectivity index (χ0) is 21.3.